The van der Waals surface area contributed by atoms with Gasteiger partial charge in [0.1, 0.15) is 11.0 Å². The van der Waals surface area contributed by atoms with Gasteiger partial charge in [0.15, 0.2) is 0 Å². The number of hydrogen-bond acceptors (Lipinski definition) is 3. The van der Waals surface area contributed by atoms with Gasteiger partial charge in [0.25, 0.3) is 0 Å². The molecule has 2 rings (SSSR count). The van der Waals surface area contributed by atoms with Crippen LogP contribution in [0.2, 0.25) is 5.15 Å². The van der Waals surface area contributed by atoms with E-state index >= 15 is 0 Å². The topological polar surface area (TPSA) is 25.8 Å². The minimum Gasteiger partial charge on any atom is -0.236 e. The Morgan fingerprint density at radius 3 is 2.52 bits per heavy atom. The quantitative estimate of drug-likeness (QED) is 0.288. The first-order valence-corrected chi connectivity index (χ1v) is 9.78. The Bertz CT molecular complexity index is 620. The van der Waals surface area contributed by atoms with Crippen molar-refractivity contribution in [1.82, 2.24) is 9.97 Å². The van der Waals surface area contributed by atoms with Crippen LogP contribution in [0.1, 0.15) is 25.4 Å². The molecule has 0 fully saturated rings. The first kappa shape index (κ1) is 17.5. The van der Waals surface area contributed by atoms with Crippen molar-refractivity contribution in [2.24, 2.45) is 5.92 Å². The molecule has 0 N–H and O–H groups in total. The van der Waals surface area contributed by atoms with Gasteiger partial charge in [0.05, 0.1) is 15.0 Å². The number of nitrogens with zero attached hydrogens (tertiary/aromatic N) is 2. The molecule has 0 aliphatic rings. The van der Waals surface area contributed by atoms with E-state index in [-0.39, 0.29) is 0 Å². The first-order valence-electron chi connectivity index (χ1n) is 6.55. The number of benzene rings is 1. The molecule has 0 saturated carbocycles. The Balaban J connectivity index is 2.12. The monoisotopic (exact) mass is 496 g/mol. The second-order valence-electron chi connectivity index (χ2n) is 5.03. The van der Waals surface area contributed by atoms with E-state index in [0.29, 0.717) is 11.1 Å². The van der Waals surface area contributed by atoms with Crippen molar-refractivity contribution in [3.63, 3.8) is 0 Å². The lowest BCUT2D eigenvalue weighted by Gasteiger charge is -2.10. The van der Waals surface area contributed by atoms with Crippen molar-refractivity contribution in [2.45, 2.75) is 30.9 Å². The molecule has 1 heterocycles. The fourth-order valence-electron chi connectivity index (χ4n) is 1.78. The Morgan fingerprint density at radius 1 is 1.24 bits per heavy atom. The summed E-state index contributed by atoms with van der Waals surface area (Å²) in [5.41, 5.74) is 1.05. The van der Waals surface area contributed by atoms with Gasteiger partial charge in [-0.05, 0) is 59.2 Å². The van der Waals surface area contributed by atoms with Gasteiger partial charge in [-0.2, -0.15) is 0 Å². The third-order valence-corrected chi connectivity index (χ3v) is 5.97. The maximum absolute atomic E-state index is 6.23. The van der Waals surface area contributed by atoms with Crippen LogP contribution in [0.15, 0.2) is 33.6 Å². The predicted octanol–water partition coefficient (Wildman–Crippen LogP) is 5.99. The molecule has 112 valence electrons. The first-order chi connectivity index (χ1) is 9.95. The lowest BCUT2D eigenvalue weighted by Crippen LogP contribution is -2.06. The van der Waals surface area contributed by atoms with Crippen molar-refractivity contribution in [3.05, 3.63) is 49.0 Å². The SMILES string of the molecule is CC(C)Cc1nc(CSc2ccc(Br)cc2)nc(Cl)c1I. The van der Waals surface area contributed by atoms with Crippen LogP contribution >= 0.6 is 61.9 Å². The molecular formula is C15H15BrClIN2S. The molecule has 6 heteroatoms. The van der Waals surface area contributed by atoms with E-state index in [9.17, 15) is 0 Å². The van der Waals surface area contributed by atoms with Gasteiger partial charge in [0, 0.05) is 9.37 Å². The van der Waals surface area contributed by atoms with Crippen molar-refractivity contribution >= 4 is 61.9 Å². The molecule has 0 radical (unpaired) electrons. The Labute approximate surface area is 156 Å². The molecule has 0 aliphatic heterocycles. The molecule has 2 nitrogen and oxygen atoms in total. The van der Waals surface area contributed by atoms with Gasteiger partial charge in [-0.25, -0.2) is 9.97 Å². The van der Waals surface area contributed by atoms with E-state index in [1.807, 2.05) is 12.1 Å². The summed E-state index contributed by atoms with van der Waals surface area (Å²) < 4.78 is 2.06. The zero-order valence-electron chi connectivity index (χ0n) is 11.7. The zero-order valence-corrected chi connectivity index (χ0v) is 17.1. The maximum Gasteiger partial charge on any atom is 0.146 e. The molecule has 0 bridgehead atoms. The van der Waals surface area contributed by atoms with E-state index in [1.54, 1.807) is 11.8 Å². The Hall–Kier alpha value is 0.150. The summed E-state index contributed by atoms with van der Waals surface area (Å²) in [5, 5.41) is 0.563. The average molecular weight is 498 g/mol. The Kier molecular flexibility index (Phi) is 6.78. The van der Waals surface area contributed by atoms with Crippen LogP contribution in [0.4, 0.5) is 0 Å². The maximum atomic E-state index is 6.23. The van der Waals surface area contributed by atoms with Crippen LogP contribution in [-0.4, -0.2) is 9.97 Å². The second-order valence-corrected chi connectivity index (χ2v) is 8.43. The third kappa shape index (κ3) is 5.37. The number of thioether (sulfide) groups is 1. The summed E-state index contributed by atoms with van der Waals surface area (Å²) in [4.78, 5) is 10.3. The van der Waals surface area contributed by atoms with Gasteiger partial charge in [-0.1, -0.05) is 41.4 Å². The summed E-state index contributed by atoms with van der Waals surface area (Å²) >= 11 is 13.6. The number of halogens is 3. The summed E-state index contributed by atoms with van der Waals surface area (Å²) in [6.07, 6.45) is 0.927. The fraction of sp³-hybridized carbons (Fsp3) is 0.333. The van der Waals surface area contributed by atoms with Crippen molar-refractivity contribution in [1.29, 1.82) is 0 Å². The highest BCUT2D eigenvalue weighted by atomic mass is 127. The van der Waals surface area contributed by atoms with Gasteiger partial charge < -0.3 is 0 Å². The van der Waals surface area contributed by atoms with Gasteiger partial charge in [0.2, 0.25) is 0 Å². The third-order valence-electron chi connectivity index (χ3n) is 2.71. The van der Waals surface area contributed by atoms with E-state index in [4.69, 9.17) is 11.6 Å². The minimum atomic E-state index is 0.552. The fourth-order valence-corrected chi connectivity index (χ4v) is 3.46. The summed E-state index contributed by atoms with van der Waals surface area (Å²) in [6, 6.07) is 8.23. The molecule has 2 aromatic rings. The van der Waals surface area contributed by atoms with Crippen molar-refractivity contribution in [3.8, 4) is 0 Å². The lowest BCUT2D eigenvalue weighted by atomic mass is 10.1. The van der Waals surface area contributed by atoms with Crippen LogP contribution in [0, 0.1) is 9.49 Å². The number of aromatic nitrogens is 2. The number of hydrogen-bond donors (Lipinski definition) is 0. The zero-order chi connectivity index (χ0) is 15.4. The smallest absolute Gasteiger partial charge is 0.146 e. The molecule has 0 amide bonds. The van der Waals surface area contributed by atoms with Gasteiger partial charge in [-0.3, -0.25) is 0 Å². The van der Waals surface area contributed by atoms with Crippen LogP contribution in [0.25, 0.3) is 0 Å². The molecule has 0 aliphatic carbocycles. The molecule has 1 aromatic heterocycles. The molecular weight excluding hydrogens is 483 g/mol. The second kappa shape index (κ2) is 8.13. The summed E-state index contributed by atoms with van der Waals surface area (Å²) in [5.74, 6) is 2.07. The highest BCUT2D eigenvalue weighted by Crippen LogP contribution is 2.26. The van der Waals surface area contributed by atoms with Gasteiger partial charge in [-0.15, -0.1) is 11.8 Å². The van der Waals surface area contributed by atoms with Crippen molar-refractivity contribution < 1.29 is 0 Å². The number of rotatable bonds is 5. The normalized spacial score (nSPS) is 11.1. The summed E-state index contributed by atoms with van der Waals surface area (Å²) in [7, 11) is 0. The van der Waals surface area contributed by atoms with Crippen LogP contribution in [-0.2, 0) is 12.2 Å². The summed E-state index contributed by atoms with van der Waals surface area (Å²) in [6.45, 7) is 4.37. The molecule has 1 aromatic carbocycles. The standard InChI is InChI=1S/C15H15BrClIN2S/c1-9(2)7-12-14(18)15(17)20-13(19-12)8-21-11-5-3-10(16)4-6-11/h3-6,9H,7-8H2,1-2H3. The van der Waals surface area contributed by atoms with E-state index in [1.165, 1.54) is 4.90 Å². The Morgan fingerprint density at radius 2 is 1.90 bits per heavy atom. The van der Waals surface area contributed by atoms with Gasteiger partial charge >= 0.3 is 0 Å². The largest absolute Gasteiger partial charge is 0.236 e. The molecule has 0 saturated heterocycles. The predicted molar refractivity (Wildman–Crippen MR) is 102 cm³/mol. The van der Waals surface area contributed by atoms with Crippen LogP contribution in [0.3, 0.4) is 0 Å². The van der Waals surface area contributed by atoms with E-state index < -0.39 is 0 Å². The minimum absolute atomic E-state index is 0.552. The van der Waals surface area contributed by atoms with Crippen LogP contribution in [0.5, 0.6) is 0 Å². The molecule has 0 spiro atoms. The average Bonchev–Trinajstić information content (AvgIpc) is 2.43. The van der Waals surface area contributed by atoms with E-state index in [0.717, 1.165) is 31.7 Å². The lowest BCUT2D eigenvalue weighted by molar-refractivity contribution is 0.629. The van der Waals surface area contributed by atoms with E-state index in [2.05, 4.69) is 74.5 Å². The van der Waals surface area contributed by atoms with Crippen molar-refractivity contribution in [2.75, 3.05) is 0 Å². The van der Waals surface area contributed by atoms with Crippen LogP contribution < -0.4 is 0 Å². The highest BCUT2D eigenvalue weighted by molar-refractivity contribution is 14.1. The molecule has 0 atom stereocenters. The molecule has 21 heavy (non-hydrogen) atoms. The molecule has 0 unspecified atom stereocenters. The highest BCUT2D eigenvalue weighted by Gasteiger charge is 2.12.